The maximum atomic E-state index is 6.58. The van der Waals surface area contributed by atoms with Crippen LogP contribution in [0.25, 0.3) is 106 Å². The summed E-state index contributed by atoms with van der Waals surface area (Å²) in [5.41, 5.74) is 10.4. The molecule has 0 bridgehead atoms. The molecule has 0 aliphatic carbocycles. The fourth-order valence-corrected chi connectivity index (χ4v) is 7.92. The van der Waals surface area contributed by atoms with Gasteiger partial charge < -0.3 is 8.98 Å². The van der Waals surface area contributed by atoms with Crippen LogP contribution >= 0.6 is 0 Å². The predicted molar refractivity (Wildman–Crippen MR) is 226 cm³/mol. The van der Waals surface area contributed by atoms with Crippen LogP contribution in [0.5, 0.6) is 0 Å². The number of oxazole rings is 1. The van der Waals surface area contributed by atoms with E-state index in [4.69, 9.17) is 24.4 Å². The number of fused-ring (bicyclic) bond motifs is 6. The fraction of sp³-hybridized carbons (Fsp3) is 0. The van der Waals surface area contributed by atoms with E-state index in [1.54, 1.807) is 0 Å². The van der Waals surface area contributed by atoms with Crippen molar-refractivity contribution < 1.29 is 4.42 Å². The quantitative estimate of drug-likeness (QED) is 0.171. The van der Waals surface area contributed by atoms with Crippen molar-refractivity contribution >= 4 is 43.7 Å². The fourth-order valence-electron chi connectivity index (χ4n) is 7.92. The smallest absolute Gasteiger partial charge is 0.227 e. The lowest BCUT2D eigenvalue weighted by Crippen LogP contribution is -2.02. The molecule has 0 unspecified atom stereocenters. The molecule has 0 spiro atoms. The third-order valence-electron chi connectivity index (χ3n) is 10.5. The molecule has 11 rings (SSSR count). The van der Waals surface area contributed by atoms with Crippen molar-refractivity contribution in [2.45, 2.75) is 0 Å². The average molecular weight is 718 g/mol. The SMILES string of the molecule is c1ccc(-c2nc3ccc4cccc(-c5nc(-c6cccc(-n7c8ccccc8c8ccccc87)c6)nc(-c6ccccc6-c6ccccc6)n5)c4c3o2)cc1. The van der Waals surface area contributed by atoms with Crippen molar-refractivity contribution in [3.05, 3.63) is 188 Å². The summed E-state index contributed by atoms with van der Waals surface area (Å²) in [7, 11) is 0. The van der Waals surface area contributed by atoms with Gasteiger partial charge in [0.2, 0.25) is 5.89 Å². The minimum absolute atomic E-state index is 0.547. The van der Waals surface area contributed by atoms with Gasteiger partial charge in [-0.15, -0.1) is 0 Å². The molecule has 0 amide bonds. The Morgan fingerprint density at radius 3 is 1.71 bits per heavy atom. The molecule has 0 aliphatic rings. The molecule has 3 aromatic heterocycles. The minimum Gasteiger partial charge on any atom is -0.435 e. The van der Waals surface area contributed by atoms with Crippen molar-refractivity contribution in [3.8, 4) is 62.4 Å². The summed E-state index contributed by atoms with van der Waals surface area (Å²) >= 11 is 0. The Labute approximate surface area is 322 Å². The van der Waals surface area contributed by atoms with Gasteiger partial charge in [-0.1, -0.05) is 146 Å². The molecule has 0 fully saturated rings. The van der Waals surface area contributed by atoms with E-state index in [9.17, 15) is 0 Å². The van der Waals surface area contributed by atoms with Gasteiger partial charge in [-0.3, -0.25) is 0 Å². The Hall–Kier alpha value is -7.70. The van der Waals surface area contributed by atoms with E-state index in [1.807, 2.05) is 54.6 Å². The van der Waals surface area contributed by atoms with Crippen LogP contribution in [0.3, 0.4) is 0 Å². The largest absolute Gasteiger partial charge is 0.435 e. The molecule has 262 valence electrons. The molecule has 11 aromatic rings. The summed E-state index contributed by atoms with van der Waals surface area (Å²) in [4.78, 5) is 20.7. The second-order valence-electron chi connectivity index (χ2n) is 13.8. The van der Waals surface area contributed by atoms with E-state index < -0.39 is 0 Å². The Bertz CT molecular complexity index is 3200. The zero-order chi connectivity index (χ0) is 37.0. The van der Waals surface area contributed by atoms with Gasteiger partial charge in [0.1, 0.15) is 5.52 Å². The van der Waals surface area contributed by atoms with Gasteiger partial charge in [0.15, 0.2) is 23.1 Å². The Balaban J connectivity index is 1.16. The van der Waals surface area contributed by atoms with Crippen LogP contribution < -0.4 is 0 Å². The molecular formula is C50H31N5O. The second kappa shape index (κ2) is 13.0. The van der Waals surface area contributed by atoms with Crippen molar-refractivity contribution in [3.63, 3.8) is 0 Å². The molecule has 0 atom stereocenters. The summed E-state index contributed by atoms with van der Waals surface area (Å²) in [6, 6.07) is 64.5. The second-order valence-corrected chi connectivity index (χ2v) is 13.8. The molecule has 56 heavy (non-hydrogen) atoms. The van der Waals surface area contributed by atoms with Crippen LogP contribution in [0.4, 0.5) is 0 Å². The zero-order valence-electron chi connectivity index (χ0n) is 30.0. The van der Waals surface area contributed by atoms with Crippen LogP contribution in [-0.2, 0) is 0 Å². The lowest BCUT2D eigenvalue weighted by atomic mass is 9.99. The van der Waals surface area contributed by atoms with Crippen LogP contribution in [0.15, 0.2) is 192 Å². The van der Waals surface area contributed by atoms with Crippen LogP contribution in [0, 0.1) is 0 Å². The Kier molecular flexibility index (Phi) is 7.38. The lowest BCUT2D eigenvalue weighted by molar-refractivity contribution is 0.623. The number of hydrogen-bond donors (Lipinski definition) is 0. The van der Waals surface area contributed by atoms with Crippen molar-refractivity contribution in [1.29, 1.82) is 0 Å². The van der Waals surface area contributed by atoms with Gasteiger partial charge in [0.25, 0.3) is 0 Å². The summed E-state index contributed by atoms with van der Waals surface area (Å²) in [5.74, 6) is 2.27. The summed E-state index contributed by atoms with van der Waals surface area (Å²) in [6.07, 6.45) is 0. The lowest BCUT2D eigenvalue weighted by Gasteiger charge is -2.14. The van der Waals surface area contributed by atoms with Gasteiger partial charge in [0, 0.05) is 44.1 Å². The highest BCUT2D eigenvalue weighted by molar-refractivity contribution is 6.11. The highest BCUT2D eigenvalue weighted by Gasteiger charge is 2.21. The molecule has 0 saturated heterocycles. The van der Waals surface area contributed by atoms with E-state index in [2.05, 4.69) is 138 Å². The minimum atomic E-state index is 0.547. The highest BCUT2D eigenvalue weighted by Crippen LogP contribution is 2.39. The van der Waals surface area contributed by atoms with Crippen molar-refractivity contribution in [2.75, 3.05) is 0 Å². The molecule has 8 aromatic carbocycles. The first-order valence-electron chi connectivity index (χ1n) is 18.6. The summed E-state index contributed by atoms with van der Waals surface area (Å²) < 4.78 is 8.90. The first-order valence-corrected chi connectivity index (χ1v) is 18.6. The standard InChI is InChI=1S/C50H31N5O/c1-3-15-32(16-4-1)37-22-7-8-25-40(37)48-52-47(35-20-13-21-36(31-35)55-43-27-11-9-23-38(43)39-24-10-12-28-44(39)55)53-49(54-48)41-26-14-19-33-29-30-42-46(45(33)41)56-50(51-42)34-17-5-2-6-18-34/h1-31H. The van der Waals surface area contributed by atoms with E-state index in [0.717, 1.165) is 66.4 Å². The van der Waals surface area contributed by atoms with Gasteiger partial charge in [-0.05, 0) is 59.0 Å². The Morgan fingerprint density at radius 1 is 0.393 bits per heavy atom. The van der Waals surface area contributed by atoms with Gasteiger partial charge >= 0.3 is 0 Å². The summed E-state index contributed by atoms with van der Waals surface area (Å²) in [6.45, 7) is 0. The maximum Gasteiger partial charge on any atom is 0.227 e. The Morgan fingerprint density at radius 2 is 0.964 bits per heavy atom. The molecule has 0 saturated carbocycles. The number of rotatable bonds is 6. The molecular weight excluding hydrogens is 687 g/mol. The number of benzene rings is 8. The first-order chi connectivity index (χ1) is 27.8. The van der Waals surface area contributed by atoms with Crippen LogP contribution in [-0.4, -0.2) is 24.5 Å². The zero-order valence-corrected chi connectivity index (χ0v) is 30.0. The van der Waals surface area contributed by atoms with E-state index in [-0.39, 0.29) is 0 Å². The summed E-state index contributed by atoms with van der Waals surface area (Å²) in [5, 5.41) is 4.33. The third-order valence-corrected chi connectivity index (χ3v) is 10.5. The molecule has 6 heteroatoms. The van der Waals surface area contributed by atoms with E-state index in [1.165, 1.54) is 10.8 Å². The van der Waals surface area contributed by atoms with E-state index >= 15 is 0 Å². The van der Waals surface area contributed by atoms with Crippen LogP contribution in [0.1, 0.15) is 0 Å². The number of aromatic nitrogens is 5. The molecule has 0 radical (unpaired) electrons. The normalized spacial score (nSPS) is 11.6. The van der Waals surface area contributed by atoms with Gasteiger partial charge in [-0.25, -0.2) is 19.9 Å². The highest BCUT2D eigenvalue weighted by atomic mass is 16.3. The number of nitrogens with zero attached hydrogens (tertiary/aromatic N) is 5. The molecule has 0 N–H and O–H groups in total. The van der Waals surface area contributed by atoms with Gasteiger partial charge in [-0.2, -0.15) is 0 Å². The predicted octanol–water partition coefficient (Wildman–Crippen LogP) is 12.6. The van der Waals surface area contributed by atoms with Gasteiger partial charge in [0.05, 0.1) is 11.0 Å². The number of hydrogen-bond acceptors (Lipinski definition) is 5. The topological polar surface area (TPSA) is 69.6 Å². The molecule has 6 nitrogen and oxygen atoms in total. The van der Waals surface area contributed by atoms with Crippen LogP contribution in [0.2, 0.25) is 0 Å². The first kappa shape index (κ1) is 31.8. The van der Waals surface area contributed by atoms with Crippen molar-refractivity contribution in [2.24, 2.45) is 0 Å². The van der Waals surface area contributed by atoms with E-state index in [0.29, 0.717) is 28.9 Å². The molecule has 0 aliphatic heterocycles. The maximum absolute atomic E-state index is 6.58. The average Bonchev–Trinajstić information content (AvgIpc) is 3.87. The van der Waals surface area contributed by atoms with Crippen molar-refractivity contribution in [1.82, 2.24) is 24.5 Å². The third kappa shape index (κ3) is 5.27. The number of para-hydroxylation sites is 2. The molecule has 3 heterocycles. The monoisotopic (exact) mass is 717 g/mol.